The van der Waals surface area contributed by atoms with Gasteiger partial charge in [-0.2, -0.15) is 0 Å². The molecule has 0 radical (unpaired) electrons. The molecule has 1 unspecified atom stereocenters. The Morgan fingerprint density at radius 3 is 2.79 bits per heavy atom. The fourth-order valence-corrected chi connectivity index (χ4v) is 1.72. The third kappa shape index (κ3) is 2.89. The molecule has 0 fully saturated rings. The van der Waals surface area contributed by atoms with Crippen molar-refractivity contribution >= 4 is 22.9 Å². The lowest BCUT2D eigenvalue weighted by Crippen LogP contribution is -2.44. The Hall–Kier alpha value is -2.41. The van der Waals surface area contributed by atoms with Crippen LogP contribution < -0.4 is 5.32 Å². The summed E-state index contributed by atoms with van der Waals surface area (Å²) in [7, 11) is 0. The summed E-state index contributed by atoms with van der Waals surface area (Å²) in [5, 5.41) is 19.8. The lowest BCUT2D eigenvalue weighted by molar-refractivity contribution is -0.143. The van der Waals surface area contributed by atoms with Gasteiger partial charge < -0.3 is 20.1 Å². The van der Waals surface area contributed by atoms with Gasteiger partial charge in [0.1, 0.15) is 12.6 Å². The van der Waals surface area contributed by atoms with Crippen molar-refractivity contribution in [2.75, 3.05) is 6.61 Å². The highest BCUT2D eigenvalue weighted by atomic mass is 16.4. The molecule has 0 aliphatic rings. The number of carbonyl (C=O) groups is 2. The number of para-hydroxylation sites is 2. The lowest BCUT2D eigenvalue weighted by Gasteiger charge is -2.12. The van der Waals surface area contributed by atoms with Gasteiger partial charge in [0.15, 0.2) is 0 Å². The van der Waals surface area contributed by atoms with Gasteiger partial charge in [-0.15, -0.1) is 0 Å². The van der Waals surface area contributed by atoms with E-state index < -0.39 is 24.5 Å². The van der Waals surface area contributed by atoms with Crippen LogP contribution in [0.1, 0.15) is 0 Å². The van der Waals surface area contributed by atoms with E-state index >= 15 is 0 Å². The summed E-state index contributed by atoms with van der Waals surface area (Å²) in [6.07, 6.45) is 1.51. The summed E-state index contributed by atoms with van der Waals surface area (Å²) in [6.45, 7) is -0.698. The summed E-state index contributed by atoms with van der Waals surface area (Å²) in [5.41, 5.74) is 1.54. The minimum atomic E-state index is -1.29. The molecular weight excluding hydrogens is 250 g/mol. The van der Waals surface area contributed by atoms with Crippen LogP contribution in [-0.2, 0) is 16.1 Å². The first kappa shape index (κ1) is 13.0. The van der Waals surface area contributed by atoms with E-state index in [-0.39, 0.29) is 6.54 Å². The van der Waals surface area contributed by atoms with E-state index in [1.165, 1.54) is 6.33 Å². The molecule has 0 aliphatic heterocycles. The standard InChI is InChI=1S/C12H13N3O4/c16-6-9(12(18)19)14-11(17)5-15-7-13-8-3-1-2-4-10(8)15/h1-4,7,9,16H,5-6H2,(H,14,17)(H,18,19). The molecule has 0 bridgehead atoms. The maximum absolute atomic E-state index is 11.7. The summed E-state index contributed by atoms with van der Waals surface area (Å²) in [5.74, 6) is -1.77. The average molecular weight is 263 g/mol. The van der Waals surface area contributed by atoms with E-state index in [9.17, 15) is 9.59 Å². The summed E-state index contributed by atoms with van der Waals surface area (Å²) in [6, 6.07) is 6.01. The number of carboxylic acid groups (broad SMARTS) is 1. The smallest absolute Gasteiger partial charge is 0.328 e. The zero-order chi connectivity index (χ0) is 13.8. The zero-order valence-corrected chi connectivity index (χ0v) is 9.98. The first-order valence-electron chi connectivity index (χ1n) is 5.64. The van der Waals surface area contributed by atoms with Crippen molar-refractivity contribution in [3.8, 4) is 0 Å². The lowest BCUT2D eigenvalue weighted by atomic mass is 10.3. The quantitative estimate of drug-likeness (QED) is 0.680. The molecule has 1 atom stereocenters. The van der Waals surface area contributed by atoms with Crippen molar-refractivity contribution in [3.05, 3.63) is 30.6 Å². The number of aliphatic carboxylic acids is 1. The number of imidazole rings is 1. The number of nitrogens with one attached hydrogen (secondary N) is 1. The van der Waals surface area contributed by atoms with Gasteiger partial charge in [0.05, 0.1) is 24.0 Å². The van der Waals surface area contributed by atoms with E-state index in [1.807, 2.05) is 24.3 Å². The summed E-state index contributed by atoms with van der Waals surface area (Å²) >= 11 is 0. The molecule has 1 heterocycles. The zero-order valence-electron chi connectivity index (χ0n) is 9.98. The van der Waals surface area contributed by atoms with E-state index in [0.717, 1.165) is 11.0 Å². The number of nitrogens with zero attached hydrogens (tertiary/aromatic N) is 2. The van der Waals surface area contributed by atoms with Gasteiger partial charge in [-0.25, -0.2) is 9.78 Å². The molecule has 1 aromatic carbocycles. The number of carbonyl (C=O) groups excluding carboxylic acids is 1. The Bertz CT molecular complexity index is 608. The van der Waals surface area contributed by atoms with Crippen LogP contribution >= 0.6 is 0 Å². The molecule has 2 aromatic rings. The number of aromatic nitrogens is 2. The van der Waals surface area contributed by atoms with Crippen LogP contribution in [0.15, 0.2) is 30.6 Å². The summed E-state index contributed by atoms with van der Waals surface area (Å²) < 4.78 is 1.61. The Labute approximate surface area is 108 Å². The van der Waals surface area contributed by atoms with Crippen LogP contribution in [0.25, 0.3) is 11.0 Å². The Balaban J connectivity index is 2.09. The molecular formula is C12H13N3O4. The number of benzene rings is 1. The van der Waals surface area contributed by atoms with Crippen molar-refractivity contribution in [3.63, 3.8) is 0 Å². The van der Waals surface area contributed by atoms with Gasteiger partial charge in [-0.1, -0.05) is 12.1 Å². The molecule has 2 rings (SSSR count). The van der Waals surface area contributed by atoms with Crippen LogP contribution in [0, 0.1) is 0 Å². The van der Waals surface area contributed by atoms with Gasteiger partial charge >= 0.3 is 5.97 Å². The number of amides is 1. The highest BCUT2D eigenvalue weighted by Gasteiger charge is 2.18. The van der Waals surface area contributed by atoms with E-state index in [4.69, 9.17) is 10.2 Å². The summed E-state index contributed by atoms with van der Waals surface area (Å²) in [4.78, 5) is 26.5. The van der Waals surface area contributed by atoms with Crippen molar-refractivity contribution in [1.82, 2.24) is 14.9 Å². The maximum Gasteiger partial charge on any atom is 0.328 e. The van der Waals surface area contributed by atoms with E-state index in [0.29, 0.717) is 0 Å². The predicted molar refractivity (Wildman–Crippen MR) is 66.4 cm³/mol. The monoisotopic (exact) mass is 263 g/mol. The Kier molecular flexibility index (Phi) is 3.76. The molecule has 7 heteroatoms. The largest absolute Gasteiger partial charge is 0.480 e. The van der Waals surface area contributed by atoms with Crippen molar-refractivity contribution in [2.45, 2.75) is 12.6 Å². The second-order valence-electron chi connectivity index (χ2n) is 4.00. The third-order valence-corrected chi connectivity index (χ3v) is 2.66. The molecule has 100 valence electrons. The predicted octanol–water partition coefficient (Wildman–Crippen LogP) is -0.402. The Morgan fingerprint density at radius 1 is 1.37 bits per heavy atom. The molecule has 1 aromatic heterocycles. The normalized spacial score (nSPS) is 12.3. The van der Waals surface area contributed by atoms with Crippen LogP contribution in [0.3, 0.4) is 0 Å². The molecule has 7 nitrogen and oxygen atoms in total. The van der Waals surface area contributed by atoms with Crippen molar-refractivity contribution in [1.29, 1.82) is 0 Å². The number of hydrogen-bond donors (Lipinski definition) is 3. The van der Waals surface area contributed by atoms with E-state index in [2.05, 4.69) is 10.3 Å². The van der Waals surface area contributed by atoms with Crippen molar-refractivity contribution < 1.29 is 19.8 Å². The van der Waals surface area contributed by atoms with Crippen LogP contribution in [0.2, 0.25) is 0 Å². The topological polar surface area (TPSA) is 104 Å². The first-order chi connectivity index (χ1) is 9.11. The van der Waals surface area contributed by atoms with Gasteiger partial charge in [0.2, 0.25) is 5.91 Å². The number of fused-ring (bicyclic) bond motifs is 1. The van der Waals surface area contributed by atoms with E-state index in [1.54, 1.807) is 4.57 Å². The number of aliphatic hydroxyl groups is 1. The van der Waals surface area contributed by atoms with Crippen LogP contribution in [0.4, 0.5) is 0 Å². The molecule has 0 saturated heterocycles. The second-order valence-corrected chi connectivity index (χ2v) is 4.00. The van der Waals surface area contributed by atoms with Crippen molar-refractivity contribution in [2.24, 2.45) is 0 Å². The third-order valence-electron chi connectivity index (χ3n) is 2.66. The molecule has 19 heavy (non-hydrogen) atoms. The van der Waals surface area contributed by atoms with Gasteiger partial charge in [-0.3, -0.25) is 4.79 Å². The first-order valence-corrected chi connectivity index (χ1v) is 5.64. The maximum atomic E-state index is 11.7. The number of rotatable bonds is 5. The highest BCUT2D eigenvalue weighted by molar-refractivity contribution is 5.85. The van der Waals surface area contributed by atoms with Crippen LogP contribution in [-0.4, -0.2) is 44.3 Å². The second kappa shape index (κ2) is 5.49. The number of hydrogen-bond acceptors (Lipinski definition) is 4. The Morgan fingerprint density at radius 2 is 2.11 bits per heavy atom. The molecule has 1 amide bonds. The average Bonchev–Trinajstić information content (AvgIpc) is 2.79. The SMILES string of the molecule is O=C(Cn1cnc2ccccc21)NC(CO)C(=O)O. The highest BCUT2D eigenvalue weighted by Crippen LogP contribution is 2.11. The fraction of sp³-hybridized carbons (Fsp3) is 0.250. The molecule has 0 saturated carbocycles. The van der Waals surface area contributed by atoms with Gasteiger partial charge in [0.25, 0.3) is 0 Å². The minimum absolute atomic E-state index is 0.0513. The van der Waals surface area contributed by atoms with Crippen LogP contribution in [0.5, 0.6) is 0 Å². The molecule has 0 spiro atoms. The minimum Gasteiger partial charge on any atom is -0.480 e. The molecule has 0 aliphatic carbocycles. The number of aliphatic hydroxyl groups excluding tert-OH is 1. The van der Waals surface area contributed by atoms with Gasteiger partial charge in [-0.05, 0) is 12.1 Å². The number of carboxylic acids is 1. The fourth-order valence-electron chi connectivity index (χ4n) is 1.72. The van der Waals surface area contributed by atoms with Gasteiger partial charge in [0, 0.05) is 0 Å². The molecule has 3 N–H and O–H groups in total.